The molecule has 0 radical (unpaired) electrons. The maximum absolute atomic E-state index is 10.3. The van der Waals surface area contributed by atoms with E-state index in [2.05, 4.69) is 27.7 Å². The van der Waals surface area contributed by atoms with Crippen molar-refractivity contribution in [2.24, 2.45) is 11.3 Å². The molecule has 2 aliphatic rings. The zero-order chi connectivity index (χ0) is 11.6. The first kappa shape index (κ1) is 11.4. The van der Waals surface area contributed by atoms with Gasteiger partial charge in [0, 0.05) is 11.3 Å². The summed E-state index contributed by atoms with van der Waals surface area (Å²) in [4.78, 5) is 0. The number of aliphatic hydroxyl groups is 1. The lowest BCUT2D eigenvalue weighted by Gasteiger charge is -2.39. The first-order valence-corrected chi connectivity index (χ1v) is 5.63. The summed E-state index contributed by atoms with van der Waals surface area (Å²) in [6.07, 6.45) is -0.723. The summed E-state index contributed by atoms with van der Waals surface area (Å²) in [5, 5.41) is 10.3. The molecule has 3 heteroatoms. The van der Waals surface area contributed by atoms with Crippen molar-refractivity contribution in [1.29, 1.82) is 0 Å². The van der Waals surface area contributed by atoms with Crippen molar-refractivity contribution < 1.29 is 14.6 Å². The van der Waals surface area contributed by atoms with Gasteiger partial charge >= 0.3 is 0 Å². The normalized spacial score (nSPS) is 45.4. The van der Waals surface area contributed by atoms with Crippen LogP contribution in [-0.4, -0.2) is 28.7 Å². The minimum absolute atomic E-state index is 0.0579. The summed E-state index contributed by atoms with van der Waals surface area (Å²) in [5.74, 6) is 0.0579. The Bertz CT molecular complexity index is 281. The van der Waals surface area contributed by atoms with Gasteiger partial charge in [-0.2, -0.15) is 0 Å². The Morgan fingerprint density at radius 3 is 1.93 bits per heavy atom. The highest BCUT2D eigenvalue weighted by molar-refractivity contribution is 5.09. The van der Waals surface area contributed by atoms with Crippen LogP contribution >= 0.6 is 0 Å². The van der Waals surface area contributed by atoms with E-state index in [1.807, 2.05) is 13.8 Å². The number of hydrogen-bond donors (Lipinski definition) is 1. The predicted molar refractivity (Wildman–Crippen MR) is 57.4 cm³/mol. The first-order valence-electron chi connectivity index (χ1n) is 5.63. The number of rotatable bonds is 0. The van der Waals surface area contributed by atoms with Crippen molar-refractivity contribution in [2.45, 2.75) is 65.1 Å². The van der Waals surface area contributed by atoms with Gasteiger partial charge in [-0.25, -0.2) is 0 Å². The van der Waals surface area contributed by atoms with E-state index in [0.717, 1.165) is 0 Å². The molecule has 3 unspecified atom stereocenters. The van der Waals surface area contributed by atoms with Crippen LogP contribution in [0.1, 0.15) is 41.5 Å². The molecule has 88 valence electrons. The first-order chi connectivity index (χ1) is 6.59. The molecule has 0 aromatic rings. The molecule has 3 nitrogen and oxygen atoms in total. The van der Waals surface area contributed by atoms with Crippen molar-refractivity contribution in [3.63, 3.8) is 0 Å². The van der Waals surface area contributed by atoms with Gasteiger partial charge in [0.2, 0.25) is 0 Å². The van der Waals surface area contributed by atoms with E-state index >= 15 is 0 Å². The second kappa shape index (κ2) is 2.76. The lowest BCUT2D eigenvalue weighted by molar-refractivity contribution is -0.197. The minimum Gasteiger partial charge on any atom is -0.390 e. The molecule has 0 aromatic carbocycles. The molecule has 3 atom stereocenters. The molecule has 2 saturated heterocycles. The Labute approximate surface area is 91.8 Å². The molecule has 2 aliphatic heterocycles. The van der Waals surface area contributed by atoms with Crippen LogP contribution in [0.4, 0.5) is 0 Å². The fraction of sp³-hybridized carbons (Fsp3) is 1.00. The van der Waals surface area contributed by atoms with Crippen LogP contribution in [0.25, 0.3) is 0 Å². The largest absolute Gasteiger partial charge is 0.390 e. The monoisotopic (exact) mass is 214 g/mol. The van der Waals surface area contributed by atoms with Gasteiger partial charge in [-0.05, 0) is 27.7 Å². The van der Waals surface area contributed by atoms with E-state index in [9.17, 15) is 5.11 Å². The molecule has 15 heavy (non-hydrogen) atoms. The fourth-order valence-corrected chi connectivity index (χ4v) is 2.70. The standard InChI is InChI=1S/C12H22O3/c1-10(2)7-8(13)11(3,4)14-9(7)15-12(10,5)6/h7-9,13H,1-6H3. The summed E-state index contributed by atoms with van der Waals surface area (Å²) in [6.45, 7) is 12.3. The second-order valence-electron chi connectivity index (χ2n) is 6.41. The Balaban J connectivity index is 2.36. The van der Waals surface area contributed by atoms with Crippen LogP contribution in [0.3, 0.4) is 0 Å². The molecule has 2 fully saturated rings. The number of ether oxygens (including phenoxy) is 2. The number of aliphatic hydroxyl groups excluding tert-OH is 1. The van der Waals surface area contributed by atoms with Crippen molar-refractivity contribution in [3.05, 3.63) is 0 Å². The lowest BCUT2D eigenvalue weighted by atomic mass is 9.67. The van der Waals surface area contributed by atoms with E-state index in [4.69, 9.17) is 9.47 Å². The average Bonchev–Trinajstić information content (AvgIpc) is 2.29. The molecule has 0 bridgehead atoms. The summed E-state index contributed by atoms with van der Waals surface area (Å²) >= 11 is 0. The maximum Gasteiger partial charge on any atom is 0.165 e. The van der Waals surface area contributed by atoms with Gasteiger partial charge in [-0.15, -0.1) is 0 Å². The third-order valence-electron chi connectivity index (χ3n) is 4.56. The molecule has 0 amide bonds. The third kappa shape index (κ3) is 1.30. The Hall–Kier alpha value is -0.120. The summed E-state index contributed by atoms with van der Waals surface area (Å²) < 4.78 is 11.7. The third-order valence-corrected chi connectivity index (χ3v) is 4.56. The van der Waals surface area contributed by atoms with Gasteiger partial charge in [0.05, 0.1) is 17.3 Å². The van der Waals surface area contributed by atoms with Crippen molar-refractivity contribution in [1.82, 2.24) is 0 Å². The quantitative estimate of drug-likeness (QED) is 0.669. The smallest absolute Gasteiger partial charge is 0.165 e. The van der Waals surface area contributed by atoms with Crippen LogP contribution in [0, 0.1) is 11.3 Å². The summed E-state index contributed by atoms with van der Waals surface area (Å²) in [5.41, 5.74) is -0.826. The molecule has 0 aliphatic carbocycles. The van der Waals surface area contributed by atoms with Gasteiger partial charge in [0.1, 0.15) is 0 Å². The Morgan fingerprint density at radius 1 is 0.933 bits per heavy atom. The molecule has 2 rings (SSSR count). The molecule has 0 saturated carbocycles. The Kier molecular flexibility index (Phi) is 2.09. The van der Waals surface area contributed by atoms with Gasteiger partial charge in [-0.1, -0.05) is 13.8 Å². The van der Waals surface area contributed by atoms with E-state index in [-0.39, 0.29) is 23.2 Å². The highest BCUT2D eigenvalue weighted by Crippen LogP contribution is 2.57. The van der Waals surface area contributed by atoms with Crippen LogP contribution < -0.4 is 0 Å². The topological polar surface area (TPSA) is 38.7 Å². The maximum atomic E-state index is 10.3. The van der Waals surface area contributed by atoms with Crippen LogP contribution in [0.15, 0.2) is 0 Å². The van der Waals surface area contributed by atoms with Gasteiger partial charge in [-0.3, -0.25) is 0 Å². The molecular weight excluding hydrogens is 192 g/mol. The number of hydrogen-bond acceptors (Lipinski definition) is 3. The molecular formula is C12H22O3. The minimum atomic E-state index is -0.497. The van der Waals surface area contributed by atoms with Crippen molar-refractivity contribution in [2.75, 3.05) is 0 Å². The molecule has 0 spiro atoms. The van der Waals surface area contributed by atoms with Crippen LogP contribution in [-0.2, 0) is 9.47 Å². The van der Waals surface area contributed by atoms with Crippen LogP contribution in [0.5, 0.6) is 0 Å². The fourth-order valence-electron chi connectivity index (χ4n) is 2.70. The Morgan fingerprint density at radius 2 is 1.47 bits per heavy atom. The van der Waals surface area contributed by atoms with E-state index in [1.165, 1.54) is 0 Å². The number of fused-ring (bicyclic) bond motifs is 1. The van der Waals surface area contributed by atoms with Crippen LogP contribution in [0.2, 0.25) is 0 Å². The highest BCUT2D eigenvalue weighted by atomic mass is 16.7. The summed E-state index contributed by atoms with van der Waals surface area (Å²) in [7, 11) is 0. The van der Waals surface area contributed by atoms with Gasteiger partial charge in [0.25, 0.3) is 0 Å². The molecule has 0 aromatic heterocycles. The zero-order valence-electron chi connectivity index (χ0n) is 10.5. The molecule has 1 N–H and O–H groups in total. The van der Waals surface area contributed by atoms with E-state index in [0.29, 0.717) is 0 Å². The average molecular weight is 214 g/mol. The SMILES string of the molecule is CC1(C)OC2OC(C)(C)C(C)(C)C2C1O. The zero-order valence-corrected chi connectivity index (χ0v) is 10.5. The second-order valence-corrected chi connectivity index (χ2v) is 6.41. The van der Waals surface area contributed by atoms with E-state index < -0.39 is 11.7 Å². The van der Waals surface area contributed by atoms with Crippen molar-refractivity contribution >= 4 is 0 Å². The lowest BCUT2D eigenvalue weighted by Crippen LogP contribution is -2.46. The van der Waals surface area contributed by atoms with E-state index in [1.54, 1.807) is 0 Å². The molecule has 2 heterocycles. The van der Waals surface area contributed by atoms with Gasteiger partial charge < -0.3 is 14.6 Å². The highest BCUT2D eigenvalue weighted by Gasteiger charge is 2.65. The van der Waals surface area contributed by atoms with Crippen molar-refractivity contribution in [3.8, 4) is 0 Å². The van der Waals surface area contributed by atoms with Gasteiger partial charge in [0.15, 0.2) is 6.29 Å². The predicted octanol–water partition coefficient (Wildman–Crippen LogP) is 1.93. The summed E-state index contributed by atoms with van der Waals surface area (Å²) in [6, 6.07) is 0.